The van der Waals surface area contributed by atoms with Crippen LogP contribution >= 0.6 is 23.2 Å². The number of nitrogens with zero attached hydrogens (tertiary/aromatic N) is 1. The van der Waals surface area contributed by atoms with Crippen molar-refractivity contribution in [1.29, 1.82) is 0 Å². The maximum atomic E-state index is 6.41. The number of hydrogen-bond donors (Lipinski definition) is 1. The van der Waals surface area contributed by atoms with Gasteiger partial charge in [-0.05, 0) is 51.1 Å². The molecule has 0 fully saturated rings. The second-order valence-electron chi connectivity index (χ2n) is 5.37. The quantitative estimate of drug-likeness (QED) is 0.861. The van der Waals surface area contributed by atoms with Crippen LogP contribution in [0.2, 0.25) is 10.0 Å². The van der Waals surface area contributed by atoms with Gasteiger partial charge in [0.05, 0.1) is 0 Å². The van der Waals surface area contributed by atoms with E-state index in [4.69, 9.17) is 28.9 Å². The second kappa shape index (κ2) is 6.94. The lowest BCUT2D eigenvalue weighted by Crippen LogP contribution is -2.56. The van der Waals surface area contributed by atoms with E-state index in [2.05, 4.69) is 32.6 Å². The van der Waals surface area contributed by atoms with Gasteiger partial charge in [0.1, 0.15) is 0 Å². The molecule has 1 aromatic carbocycles. The molecule has 0 radical (unpaired) electrons. The maximum Gasteiger partial charge on any atom is 0.0453 e. The van der Waals surface area contributed by atoms with Gasteiger partial charge in [-0.3, -0.25) is 4.90 Å². The Morgan fingerprint density at radius 3 is 2.26 bits per heavy atom. The van der Waals surface area contributed by atoms with Crippen LogP contribution in [0.3, 0.4) is 0 Å². The van der Waals surface area contributed by atoms with Crippen LogP contribution in [0.4, 0.5) is 0 Å². The molecule has 0 bridgehead atoms. The van der Waals surface area contributed by atoms with Gasteiger partial charge in [-0.1, -0.05) is 43.1 Å². The average Bonchev–Trinajstić information content (AvgIpc) is 2.33. The summed E-state index contributed by atoms with van der Waals surface area (Å²) in [5.41, 5.74) is 7.40. The summed E-state index contributed by atoms with van der Waals surface area (Å²) in [7, 11) is 0. The van der Waals surface area contributed by atoms with Gasteiger partial charge in [0, 0.05) is 21.6 Å². The fraction of sp³-hybridized carbons (Fsp3) is 0.600. The zero-order valence-electron chi connectivity index (χ0n) is 12.2. The standard InChI is InChI=1S/C15H24Cl2N2/c1-5-19(6-2)15(3,4)14(18)9-11-7-8-12(16)10-13(11)17/h7-8,10,14H,5-6,9,18H2,1-4H3. The Balaban J connectivity index is 2.86. The van der Waals surface area contributed by atoms with E-state index in [0.717, 1.165) is 25.1 Å². The number of likely N-dealkylation sites (N-methyl/N-ethyl adjacent to an activating group) is 1. The van der Waals surface area contributed by atoms with Crippen LogP contribution in [0, 0.1) is 0 Å². The van der Waals surface area contributed by atoms with Gasteiger partial charge in [-0.2, -0.15) is 0 Å². The van der Waals surface area contributed by atoms with Crippen LogP contribution < -0.4 is 5.73 Å². The highest BCUT2D eigenvalue weighted by Gasteiger charge is 2.31. The molecule has 4 heteroatoms. The lowest BCUT2D eigenvalue weighted by Gasteiger charge is -2.42. The molecule has 0 aliphatic rings. The fourth-order valence-corrected chi connectivity index (χ4v) is 2.93. The second-order valence-corrected chi connectivity index (χ2v) is 6.22. The molecule has 0 amide bonds. The van der Waals surface area contributed by atoms with Gasteiger partial charge in [-0.15, -0.1) is 0 Å². The SMILES string of the molecule is CCN(CC)C(C)(C)C(N)Cc1ccc(Cl)cc1Cl. The van der Waals surface area contributed by atoms with Gasteiger partial charge in [-0.25, -0.2) is 0 Å². The minimum Gasteiger partial charge on any atom is -0.326 e. The van der Waals surface area contributed by atoms with Gasteiger partial charge < -0.3 is 5.73 Å². The summed E-state index contributed by atoms with van der Waals surface area (Å²) in [5.74, 6) is 0. The molecule has 2 N–H and O–H groups in total. The number of benzene rings is 1. The first-order valence-corrected chi connectivity index (χ1v) is 7.53. The molecule has 1 unspecified atom stereocenters. The van der Waals surface area contributed by atoms with E-state index in [1.807, 2.05) is 12.1 Å². The predicted molar refractivity (Wildman–Crippen MR) is 85.1 cm³/mol. The van der Waals surface area contributed by atoms with Gasteiger partial charge >= 0.3 is 0 Å². The molecule has 2 nitrogen and oxygen atoms in total. The van der Waals surface area contributed by atoms with E-state index >= 15 is 0 Å². The fourth-order valence-electron chi connectivity index (χ4n) is 2.45. The monoisotopic (exact) mass is 302 g/mol. The van der Waals surface area contributed by atoms with Crippen LogP contribution in [0.5, 0.6) is 0 Å². The van der Waals surface area contributed by atoms with Crippen molar-refractivity contribution in [1.82, 2.24) is 4.90 Å². The van der Waals surface area contributed by atoms with Crippen molar-refractivity contribution in [2.75, 3.05) is 13.1 Å². The van der Waals surface area contributed by atoms with Crippen molar-refractivity contribution in [3.8, 4) is 0 Å². The smallest absolute Gasteiger partial charge is 0.0453 e. The van der Waals surface area contributed by atoms with E-state index in [-0.39, 0.29) is 11.6 Å². The third-order valence-electron chi connectivity index (χ3n) is 3.94. The molecular weight excluding hydrogens is 279 g/mol. The largest absolute Gasteiger partial charge is 0.326 e. The molecule has 0 heterocycles. The van der Waals surface area contributed by atoms with E-state index in [1.54, 1.807) is 6.07 Å². The van der Waals surface area contributed by atoms with Crippen LogP contribution in [0.1, 0.15) is 33.3 Å². The molecule has 19 heavy (non-hydrogen) atoms. The Morgan fingerprint density at radius 2 is 1.79 bits per heavy atom. The lowest BCUT2D eigenvalue weighted by atomic mass is 9.88. The van der Waals surface area contributed by atoms with Gasteiger partial charge in [0.15, 0.2) is 0 Å². The number of halogens is 2. The Hall–Kier alpha value is -0.280. The van der Waals surface area contributed by atoms with E-state index in [9.17, 15) is 0 Å². The maximum absolute atomic E-state index is 6.41. The summed E-state index contributed by atoms with van der Waals surface area (Å²) in [4.78, 5) is 2.38. The molecular formula is C15H24Cl2N2. The Labute approximate surface area is 126 Å². The Morgan fingerprint density at radius 1 is 1.21 bits per heavy atom. The molecule has 1 aromatic rings. The molecule has 0 aliphatic heterocycles. The first-order chi connectivity index (χ1) is 8.82. The summed E-state index contributed by atoms with van der Waals surface area (Å²) in [6.07, 6.45) is 0.750. The summed E-state index contributed by atoms with van der Waals surface area (Å²) in [5, 5.41) is 1.35. The Kier molecular flexibility index (Phi) is 6.13. The van der Waals surface area contributed by atoms with Crippen molar-refractivity contribution in [3.63, 3.8) is 0 Å². The normalized spacial score (nSPS) is 13.9. The first kappa shape index (κ1) is 16.8. The lowest BCUT2D eigenvalue weighted by molar-refractivity contribution is 0.106. The van der Waals surface area contributed by atoms with Crippen molar-refractivity contribution >= 4 is 23.2 Å². The first-order valence-electron chi connectivity index (χ1n) is 6.77. The van der Waals surface area contributed by atoms with Crippen LogP contribution in [0.25, 0.3) is 0 Å². The minimum atomic E-state index is -0.0630. The van der Waals surface area contributed by atoms with Crippen molar-refractivity contribution in [2.24, 2.45) is 5.73 Å². The van der Waals surface area contributed by atoms with Crippen molar-refractivity contribution in [3.05, 3.63) is 33.8 Å². The molecule has 0 aliphatic carbocycles. The highest BCUT2D eigenvalue weighted by atomic mass is 35.5. The topological polar surface area (TPSA) is 29.3 Å². The highest BCUT2D eigenvalue weighted by molar-refractivity contribution is 6.35. The Bertz CT molecular complexity index is 415. The molecule has 0 saturated heterocycles. The van der Waals surface area contributed by atoms with E-state index in [0.29, 0.717) is 10.0 Å². The van der Waals surface area contributed by atoms with Crippen molar-refractivity contribution < 1.29 is 0 Å². The number of hydrogen-bond acceptors (Lipinski definition) is 2. The molecule has 0 spiro atoms. The predicted octanol–water partition coefficient (Wildman–Crippen LogP) is 3.98. The van der Waals surface area contributed by atoms with Crippen LogP contribution in [0.15, 0.2) is 18.2 Å². The average molecular weight is 303 g/mol. The van der Waals surface area contributed by atoms with E-state index in [1.165, 1.54) is 0 Å². The number of rotatable bonds is 6. The number of nitrogens with two attached hydrogens (primary N) is 1. The van der Waals surface area contributed by atoms with Crippen LogP contribution in [-0.2, 0) is 6.42 Å². The third-order valence-corrected chi connectivity index (χ3v) is 4.53. The van der Waals surface area contributed by atoms with Crippen LogP contribution in [-0.4, -0.2) is 29.6 Å². The summed E-state index contributed by atoms with van der Waals surface area (Å²) >= 11 is 12.1. The molecule has 0 aromatic heterocycles. The minimum absolute atomic E-state index is 0.0195. The molecule has 1 rings (SSSR count). The summed E-state index contributed by atoms with van der Waals surface area (Å²) in [6.45, 7) is 10.7. The summed E-state index contributed by atoms with van der Waals surface area (Å²) < 4.78 is 0. The summed E-state index contributed by atoms with van der Waals surface area (Å²) in [6, 6.07) is 5.62. The zero-order chi connectivity index (χ0) is 14.6. The molecule has 0 saturated carbocycles. The third kappa shape index (κ3) is 4.09. The van der Waals surface area contributed by atoms with Gasteiger partial charge in [0.2, 0.25) is 0 Å². The van der Waals surface area contributed by atoms with E-state index < -0.39 is 0 Å². The zero-order valence-corrected chi connectivity index (χ0v) is 13.7. The van der Waals surface area contributed by atoms with Gasteiger partial charge in [0.25, 0.3) is 0 Å². The molecule has 1 atom stereocenters. The molecule has 108 valence electrons. The van der Waals surface area contributed by atoms with Crippen molar-refractivity contribution in [2.45, 2.75) is 45.7 Å². The highest BCUT2D eigenvalue weighted by Crippen LogP contribution is 2.26.